The number of nitrogens with one attached hydrogen (secondary N) is 3. The summed E-state index contributed by atoms with van der Waals surface area (Å²) in [5.74, 6) is 0.346. The molecule has 0 fully saturated rings. The Labute approximate surface area is 212 Å². The van der Waals surface area contributed by atoms with Crippen LogP contribution in [0, 0.1) is 11.7 Å². The van der Waals surface area contributed by atoms with Crippen molar-refractivity contribution in [2.24, 2.45) is 5.92 Å². The highest BCUT2D eigenvalue weighted by molar-refractivity contribution is 6.16. The van der Waals surface area contributed by atoms with Crippen LogP contribution in [-0.4, -0.2) is 40.7 Å². The summed E-state index contributed by atoms with van der Waals surface area (Å²) in [4.78, 5) is 28.1. The van der Waals surface area contributed by atoms with Crippen molar-refractivity contribution in [1.82, 2.24) is 20.1 Å². The highest BCUT2D eigenvalue weighted by Crippen LogP contribution is 2.39. The zero-order chi connectivity index (χ0) is 26.3. The Balaban J connectivity index is 1.61. The number of H-pyrrole nitrogens is 1. The number of halogens is 1. The Hall–Kier alpha value is -4.60. The van der Waals surface area contributed by atoms with Crippen LogP contribution >= 0.6 is 0 Å². The second kappa shape index (κ2) is 9.45. The monoisotopic (exact) mass is 503 g/mol. The molecule has 2 aromatic carbocycles. The van der Waals surface area contributed by atoms with Gasteiger partial charge in [-0.2, -0.15) is 5.10 Å². The number of nitrogens with zero attached hydrogens (tertiary/aromatic N) is 2. The van der Waals surface area contributed by atoms with E-state index in [0.717, 1.165) is 12.1 Å². The lowest BCUT2D eigenvalue weighted by Gasteiger charge is -2.05. The van der Waals surface area contributed by atoms with Gasteiger partial charge in [-0.05, 0) is 36.3 Å². The van der Waals surface area contributed by atoms with Crippen molar-refractivity contribution >= 4 is 34.5 Å². The van der Waals surface area contributed by atoms with Gasteiger partial charge in [0.15, 0.2) is 11.6 Å². The number of hydrogen-bond donors (Lipinski definition) is 3. The Morgan fingerprint density at radius 1 is 1.30 bits per heavy atom. The molecule has 0 radical (unpaired) electrons. The zero-order valence-electron chi connectivity index (χ0n) is 20.8. The molecule has 0 unspecified atom stereocenters. The Morgan fingerprint density at radius 2 is 2.11 bits per heavy atom. The van der Waals surface area contributed by atoms with Crippen LogP contribution in [0.3, 0.4) is 0 Å². The molecule has 190 valence electrons. The van der Waals surface area contributed by atoms with Crippen molar-refractivity contribution in [2.75, 3.05) is 19.5 Å². The molecule has 0 saturated carbocycles. The predicted octanol–water partition coefficient (Wildman–Crippen LogP) is 5.20. The SMILES string of the molecule is CNC(=O)Nc1ccc2c(c1)C(=O)/C(=C/c1c(-c3cnn(CC(C)C)c3)[nH]c3c(F)cc(OC)cc13)O2. The van der Waals surface area contributed by atoms with Crippen LogP contribution in [0.1, 0.15) is 29.8 Å². The first-order valence-corrected chi connectivity index (χ1v) is 11.8. The van der Waals surface area contributed by atoms with E-state index in [2.05, 4.69) is 34.6 Å². The van der Waals surface area contributed by atoms with Gasteiger partial charge >= 0.3 is 6.03 Å². The molecule has 1 aliphatic heterocycles. The fourth-order valence-corrected chi connectivity index (χ4v) is 4.30. The molecule has 0 aliphatic carbocycles. The van der Waals surface area contributed by atoms with E-state index < -0.39 is 11.8 Å². The maximum atomic E-state index is 15.0. The van der Waals surface area contributed by atoms with Crippen LogP contribution in [0.15, 0.2) is 48.5 Å². The van der Waals surface area contributed by atoms with Crippen LogP contribution < -0.4 is 20.1 Å². The quantitative estimate of drug-likeness (QED) is 0.313. The molecule has 5 rings (SSSR count). The van der Waals surface area contributed by atoms with Crippen molar-refractivity contribution in [3.63, 3.8) is 0 Å². The largest absolute Gasteiger partial charge is 0.497 e. The minimum Gasteiger partial charge on any atom is -0.497 e. The van der Waals surface area contributed by atoms with Gasteiger partial charge in [-0.25, -0.2) is 9.18 Å². The third-order valence-electron chi connectivity index (χ3n) is 6.01. The lowest BCUT2D eigenvalue weighted by Crippen LogP contribution is -2.24. The summed E-state index contributed by atoms with van der Waals surface area (Å²) in [5.41, 5.74) is 2.95. The predicted molar refractivity (Wildman–Crippen MR) is 138 cm³/mol. The van der Waals surface area contributed by atoms with Crippen LogP contribution in [0.4, 0.5) is 14.9 Å². The topological polar surface area (TPSA) is 110 Å². The first kappa shape index (κ1) is 24.1. The number of aromatic nitrogens is 3. The van der Waals surface area contributed by atoms with E-state index in [0.29, 0.717) is 45.3 Å². The number of methoxy groups -OCH3 is 1. The zero-order valence-corrected chi connectivity index (χ0v) is 20.8. The number of Topliss-reactive ketones (excluding diaryl/α,β-unsaturated/α-hetero) is 1. The molecular formula is C27H26FN5O4. The van der Waals surface area contributed by atoms with Gasteiger partial charge in [0.2, 0.25) is 5.78 Å². The van der Waals surface area contributed by atoms with Gasteiger partial charge < -0.3 is 25.1 Å². The van der Waals surface area contributed by atoms with E-state index in [1.165, 1.54) is 20.2 Å². The van der Waals surface area contributed by atoms with Crippen molar-refractivity contribution in [3.8, 4) is 22.8 Å². The summed E-state index contributed by atoms with van der Waals surface area (Å²) >= 11 is 0. The third kappa shape index (κ3) is 4.53. The van der Waals surface area contributed by atoms with Gasteiger partial charge in [-0.15, -0.1) is 0 Å². The Morgan fingerprint density at radius 3 is 2.84 bits per heavy atom. The van der Waals surface area contributed by atoms with Crippen molar-refractivity contribution in [2.45, 2.75) is 20.4 Å². The molecule has 37 heavy (non-hydrogen) atoms. The molecule has 0 saturated heterocycles. The molecule has 0 spiro atoms. The second-order valence-electron chi connectivity index (χ2n) is 9.15. The first-order valence-electron chi connectivity index (χ1n) is 11.8. The summed E-state index contributed by atoms with van der Waals surface area (Å²) < 4.78 is 28.0. The lowest BCUT2D eigenvalue weighted by atomic mass is 10.0. The number of anilines is 1. The standard InChI is InChI=1S/C27H26FN5O4/c1-14(2)12-33-13-15(11-30-33)24-19(18-8-17(36-4)9-21(28)25(18)32-24)10-23-26(34)20-7-16(31-27(35)29-3)5-6-22(20)37-23/h5-11,13-14,32H,12H2,1-4H3,(H2,29,31,35)/b23-10-. The van der Waals surface area contributed by atoms with Gasteiger partial charge in [-0.3, -0.25) is 9.48 Å². The highest BCUT2D eigenvalue weighted by atomic mass is 19.1. The number of ether oxygens (including phenoxy) is 2. The van der Waals surface area contributed by atoms with E-state index in [1.807, 2.05) is 10.9 Å². The molecule has 2 aromatic heterocycles. The van der Waals surface area contributed by atoms with E-state index >= 15 is 4.39 Å². The maximum Gasteiger partial charge on any atom is 0.318 e. The fraction of sp³-hybridized carbons (Fsp3) is 0.222. The molecule has 3 heterocycles. The molecule has 9 nitrogen and oxygen atoms in total. The molecule has 1 aliphatic rings. The number of fused-ring (bicyclic) bond motifs is 2. The maximum absolute atomic E-state index is 15.0. The van der Waals surface area contributed by atoms with Gasteiger partial charge in [-0.1, -0.05) is 13.8 Å². The second-order valence-corrected chi connectivity index (χ2v) is 9.15. The van der Waals surface area contributed by atoms with Crippen LogP contribution in [0.25, 0.3) is 28.2 Å². The van der Waals surface area contributed by atoms with Crippen molar-refractivity contribution in [3.05, 3.63) is 65.4 Å². The van der Waals surface area contributed by atoms with Crippen LogP contribution in [0.5, 0.6) is 11.5 Å². The number of allylic oxidation sites excluding steroid dienone is 1. The van der Waals surface area contributed by atoms with Crippen molar-refractivity contribution < 1.29 is 23.5 Å². The number of carbonyl (C=O) groups excluding carboxylic acids is 2. The first-order chi connectivity index (χ1) is 17.8. The number of aromatic amines is 1. The molecule has 4 aromatic rings. The molecular weight excluding hydrogens is 477 g/mol. The van der Waals surface area contributed by atoms with Gasteiger partial charge in [0, 0.05) is 48.1 Å². The molecule has 2 amide bonds. The summed E-state index contributed by atoms with van der Waals surface area (Å²) in [7, 11) is 2.97. The van der Waals surface area contributed by atoms with Gasteiger partial charge in [0.1, 0.15) is 11.5 Å². The minimum atomic E-state index is -0.485. The fourth-order valence-electron chi connectivity index (χ4n) is 4.30. The number of hydrogen-bond acceptors (Lipinski definition) is 5. The number of rotatable bonds is 6. The molecule has 3 N–H and O–H groups in total. The number of benzene rings is 2. The van der Waals surface area contributed by atoms with Gasteiger partial charge in [0.25, 0.3) is 0 Å². The number of amides is 2. The average Bonchev–Trinajstić information content (AvgIpc) is 3.56. The minimum absolute atomic E-state index is 0.0760. The normalized spacial score (nSPS) is 13.8. The van der Waals surface area contributed by atoms with E-state index in [-0.39, 0.29) is 17.1 Å². The number of carbonyl (C=O) groups is 2. The average molecular weight is 504 g/mol. The summed E-state index contributed by atoms with van der Waals surface area (Å²) in [6.07, 6.45) is 5.18. The van der Waals surface area contributed by atoms with Crippen LogP contribution in [-0.2, 0) is 6.54 Å². The lowest BCUT2D eigenvalue weighted by molar-refractivity contribution is 0.101. The molecule has 10 heteroatoms. The highest BCUT2D eigenvalue weighted by Gasteiger charge is 2.29. The summed E-state index contributed by atoms with van der Waals surface area (Å²) in [6, 6.07) is 7.43. The van der Waals surface area contributed by atoms with E-state index in [4.69, 9.17) is 9.47 Å². The summed E-state index contributed by atoms with van der Waals surface area (Å²) in [5, 5.41) is 10.1. The molecule has 0 bridgehead atoms. The Kier molecular flexibility index (Phi) is 6.16. The van der Waals surface area contributed by atoms with Crippen molar-refractivity contribution in [1.29, 1.82) is 0 Å². The summed E-state index contributed by atoms with van der Waals surface area (Å²) in [6.45, 7) is 4.92. The van der Waals surface area contributed by atoms with E-state index in [9.17, 15) is 9.59 Å². The Bertz CT molecular complexity index is 1570. The van der Waals surface area contributed by atoms with Crippen LogP contribution in [0.2, 0.25) is 0 Å². The van der Waals surface area contributed by atoms with Gasteiger partial charge in [0.05, 0.1) is 30.1 Å². The smallest absolute Gasteiger partial charge is 0.318 e. The number of ketones is 1. The molecule has 0 atom stereocenters. The third-order valence-corrected chi connectivity index (χ3v) is 6.01. The van der Waals surface area contributed by atoms with E-state index in [1.54, 1.807) is 36.5 Å². The number of urea groups is 1.